The number of nitrogens with zero attached hydrogens (tertiary/aromatic N) is 1. The van der Waals surface area contributed by atoms with Crippen LogP contribution in [0.1, 0.15) is 27.9 Å². The molecule has 0 fully saturated rings. The Hall–Kier alpha value is -2.89. The van der Waals surface area contributed by atoms with Crippen molar-refractivity contribution >= 4 is 17.6 Å². The van der Waals surface area contributed by atoms with Crippen molar-refractivity contribution in [3.05, 3.63) is 63.6 Å². The van der Waals surface area contributed by atoms with E-state index in [4.69, 9.17) is 5.11 Å². The molecule has 0 aliphatic heterocycles. The van der Waals surface area contributed by atoms with Crippen LogP contribution in [0.15, 0.2) is 41.3 Å². The van der Waals surface area contributed by atoms with Gasteiger partial charge in [-0.05, 0) is 48.6 Å². The topological polar surface area (TPSA) is 88.4 Å². The van der Waals surface area contributed by atoms with Gasteiger partial charge >= 0.3 is 5.97 Å². The summed E-state index contributed by atoms with van der Waals surface area (Å²) in [5, 5.41) is 11.7. The molecule has 0 unspecified atom stereocenters. The number of pyridine rings is 1. The number of aromatic carboxylic acids is 1. The highest BCUT2D eigenvalue weighted by molar-refractivity contribution is 5.91. The monoisotopic (exact) mass is 312 g/mol. The number of aryl methyl sites for hydroxylation is 2. The zero-order valence-electron chi connectivity index (χ0n) is 12.4. The molecule has 1 aromatic carbocycles. The van der Waals surface area contributed by atoms with Gasteiger partial charge in [-0.3, -0.25) is 9.59 Å². The SMILES string of the molecule is O=C(Cn1cc(C(=O)O)ccc1=O)Nc1ccc2c(c1)CCC2. The third kappa shape index (κ3) is 3.31. The molecule has 6 heteroatoms. The van der Waals surface area contributed by atoms with Crippen molar-refractivity contribution in [2.45, 2.75) is 25.8 Å². The molecule has 6 nitrogen and oxygen atoms in total. The van der Waals surface area contributed by atoms with Gasteiger partial charge in [0.2, 0.25) is 5.91 Å². The fourth-order valence-corrected chi connectivity index (χ4v) is 2.79. The van der Waals surface area contributed by atoms with Crippen LogP contribution < -0.4 is 10.9 Å². The van der Waals surface area contributed by atoms with Crippen LogP contribution in [0.3, 0.4) is 0 Å². The minimum absolute atomic E-state index is 0.0325. The van der Waals surface area contributed by atoms with Crippen LogP contribution in [-0.4, -0.2) is 21.6 Å². The number of hydrogen-bond acceptors (Lipinski definition) is 3. The van der Waals surface area contributed by atoms with Gasteiger partial charge in [-0.2, -0.15) is 0 Å². The number of amides is 1. The third-order valence-electron chi connectivity index (χ3n) is 3.93. The van der Waals surface area contributed by atoms with Gasteiger partial charge in [-0.25, -0.2) is 4.79 Å². The van der Waals surface area contributed by atoms with Crippen molar-refractivity contribution in [3.63, 3.8) is 0 Å². The molecule has 2 aromatic rings. The Labute approximate surface area is 132 Å². The van der Waals surface area contributed by atoms with Crippen LogP contribution in [-0.2, 0) is 24.2 Å². The second kappa shape index (κ2) is 6.08. The third-order valence-corrected chi connectivity index (χ3v) is 3.93. The van der Waals surface area contributed by atoms with E-state index in [2.05, 4.69) is 5.32 Å². The molecule has 23 heavy (non-hydrogen) atoms. The van der Waals surface area contributed by atoms with E-state index in [9.17, 15) is 14.4 Å². The minimum Gasteiger partial charge on any atom is -0.478 e. The average molecular weight is 312 g/mol. The minimum atomic E-state index is -1.14. The van der Waals surface area contributed by atoms with Crippen LogP contribution in [0.2, 0.25) is 0 Å². The number of benzene rings is 1. The number of carboxylic acid groups (broad SMARTS) is 1. The number of nitrogens with one attached hydrogen (secondary N) is 1. The van der Waals surface area contributed by atoms with Crippen molar-refractivity contribution < 1.29 is 14.7 Å². The Bertz CT molecular complexity index is 839. The molecule has 0 radical (unpaired) electrons. The Kier molecular flexibility index (Phi) is 3.97. The lowest BCUT2D eigenvalue weighted by atomic mass is 10.1. The Morgan fingerprint density at radius 1 is 1.13 bits per heavy atom. The first-order valence-electron chi connectivity index (χ1n) is 7.38. The predicted molar refractivity (Wildman–Crippen MR) is 84.8 cm³/mol. The lowest BCUT2D eigenvalue weighted by Crippen LogP contribution is -2.27. The maximum atomic E-state index is 12.1. The summed E-state index contributed by atoms with van der Waals surface area (Å²) in [7, 11) is 0. The standard InChI is InChI=1S/C17H16N2O4/c20-15(10-19-9-13(17(22)23)5-7-16(19)21)18-14-6-4-11-2-1-3-12(11)8-14/h4-9H,1-3,10H2,(H,18,20)(H,22,23). The van der Waals surface area contributed by atoms with Crippen molar-refractivity contribution in [1.29, 1.82) is 0 Å². The first-order valence-corrected chi connectivity index (χ1v) is 7.38. The van der Waals surface area contributed by atoms with Crippen LogP contribution in [0.5, 0.6) is 0 Å². The summed E-state index contributed by atoms with van der Waals surface area (Å²) in [5.74, 6) is -1.51. The van der Waals surface area contributed by atoms with Gasteiger partial charge in [0.15, 0.2) is 0 Å². The molecule has 1 aliphatic carbocycles. The first kappa shape index (κ1) is 15.0. The number of hydrogen-bond donors (Lipinski definition) is 2. The van der Waals surface area contributed by atoms with Gasteiger partial charge in [-0.15, -0.1) is 0 Å². The molecule has 0 atom stereocenters. The highest BCUT2D eigenvalue weighted by Crippen LogP contribution is 2.24. The summed E-state index contributed by atoms with van der Waals surface area (Å²) >= 11 is 0. The molecule has 0 spiro atoms. The highest BCUT2D eigenvalue weighted by atomic mass is 16.4. The summed E-state index contributed by atoms with van der Waals surface area (Å²) < 4.78 is 1.09. The predicted octanol–water partition coefficient (Wildman–Crippen LogP) is 1.67. The number of carboxylic acids is 1. The molecule has 1 aliphatic rings. The second-order valence-corrected chi connectivity index (χ2v) is 5.57. The molecular formula is C17H16N2O4. The summed E-state index contributed by atoms with van der Waals surface area (Å²) in [5.41, 5.74) is 2.80. The smallest absolute Gasteiger partial charge is 0.337 e. The molecule has 0 saturated carbocycles. The summed E-state index contributed by atoms with van der Waals surface area (Å²) in [6.45, 7) is -0.225. The first-order chi connectivity index (χ1) is 11.0. The van der Waals surface area contributed by atoms with E-state index in [0.717, 1.165) is 29.9 Å². The molecule has 1 aromatic heterocycles. The maximum absolute atomic E-state index is 12.1. The van der Waals surface area contributed by atoms with E-state index < -0.39 is 11.5 Å². The lowest BCUT2D eigenvalue weighted by Gasteiger charge is -2.09. The largest absolute Gasteiger partial charge is 0.478 e. The Balaban J connectivity index is 1.73. The van der Waals surface area contributed by atoms with E-state index >= 15 is 0 Å². The van der Waals surface area contributed by atoms with Gasteiger partial charge in [0.1, 0.15) is 6.54 Å². The summed E-state index contributed by atoms with van der Waals surface area (Å²) in [6, 6.07) is 8.18. The second-order valence-electron chi connectivity index (χ2n) is 5.57. The quantitative estimate of drug-likeness (QED) is 0.899. The molecule has 2 N–H and O–H groups in total. The van der Waals surface area contributed by atoms with E-state index in [-0.39, 0.29) is 18.0 Å². The number of aromatic nitrogens is 1. The van der Waals surface area contributed by atoms with Gasteiger partial charge in [0, 0.05) is 18.0 Å². The average Bonchev–Trinajstić information content (AvgIpc) is 2.96. The summed E-state index contributed by atoms with van der Waals surface area (Å²) in [6.07, 6.45) is 4.39. The fourth-order valence-electron chi connectivity index (χ4n) is 2.79. The lowest BCUT2D eigenvalue weighted by molar-refractivity contribution is -0.116. The van der Waals surface area contributed by atoms with Gasteiger partial charge in [-0.1, -0.05) is 6.07 Å². The number of carbonyl (C=O) groups excluding carboxylic acids is 1. The van der Waals surface area contributed by atoms with Crippen LogP contribution >= 0.6 is 0 Å². The molecule has 118 valence electrons. The summed E-state index contributed by atoms with van der Waals surface area (Å²) in [4.78, 5) is 34.8. The zero-order valence-corrected chi connectivity index (χ0v) is 12.4. The van der Waals surface area contributed by atoms with Crippen molar-refractivity contribution in [2.75, 3.05) is 5.32 Å². The van der Waals surface area contributed by atoms with Crippen LogP contribution in [0.4, 0.5) is 5.69 Å². The number of anilines is 1. The van der Waals surface area contributed by atoms with E-state index in [1.807, 2.05) is 18.2 Å². The van der Waals surface area contributed by atoms with Crippen LogP contribution in [0, 0.1) is 0 Å². The number of fused-ring (bicyclic) bond motifs is 1. The molecular weight excluding hydrogens is 296 g/mol. The normalized spacial score (nSPS) is 12.7. The molecule has 0 saturated heterocycles. The highest BCUT2D eigenvalue weighted by Gasteiger charge is 2.13. The Morgan fingerprint density at radius 3 is 2.70 bits per heavy atom. The molecule has 3 rings (SSSR count). The van der Waals surface area contributed by atoms with Gasteiger partial charge in [0.25, 0.3) is 5.56 Å². The van der Waals surface area contributed by atoms with E-state index in [1.54, 1.807) is 0 Å². The van der Waals surface area contributed by atoms with Gasteiger partial charge < -0.3 is 15.0 Å². The maximum Gasteiger partial charge on any atom is 0.337 e. The number of rotatable bonds is 4. The molecule has 0 bridgehead atoms. The zero-order chi connectivity index (χ0) is 16.4. The van der Waals surface area contributed by atoms with Crippen molar-refractivity contribution in [2.24, 2.45) is 0 Å². The van der Waals surface area contributed by atoms with Crippen molar-refractivity contribution in [3.8, 4) is 0 Å². The Morgan fingerprint density at radius 2 is 1.91 bits per heavy atom. The van der Waals surface area contributed by atoms with Crippen LogP contribution in [0.25, 0.3) is 0 Å². The number of carbonyl (C=O) groups is 2. The van der Waals surface area contributed by atoms with E-state index in [1.165, 1.54) is 23.4 Å². The van der Waals surface area contributed by atoms with Crippen molar-refractivity contribution in [1.82, 2.24) is 4.57 Å². The van der Waals surface area contributed by atoms with E-state index in [0.29, 0.717) is 5.69 Å². The fraction of sp³-hybridized carbons (Fsp3) is 0.235. The van der Waals surface area contributed by atoms with Gasteiger partial charge in [0.05, 0.1) is 5.56 Å². The molecule has 1 heterocycles. The molecule has 1 amide bonds.